The predicted molar refractivity (Wildman–Crippen MR) is 128 cm³/mol. The van der Waals surface area contributed by atoms with E-state index >= 15 is 0 Å². The molecule has 2 aromatic rings. The van der Waals surface area contributed by atoms with Crippen LogP contribution in [0, 0.1) is 5.82 Å². The number of anilines is 1. The van der Waals surface area contributed by atoms with Gasteiger partial charge in [0.25, 0.3) is 10.0 Å². The molecule has 1 aliphatic carbocycles. The molecule has 0 radical (unpaired) electrons. The number of methoxy groups -OCH3 is 2. The number of nitrogens with zero attached hydrogens (tertiary/aromatic N) is 1. The van der Waals surface area contributed by atoms with Crippen molar-refractivity contribution < 1.29 is 27.1 Å². The summed E-state index contributed by atoms with van der Waals surface area (Å²) in [5.41, 5.74) is 0.182. The van der Waals surface area contributed by atoms with Crippen LogP contribution in [0.5, 0.6) is 11.5 Å². The summed E-state index contributed by atoms with van der Waals surface area (Å²) in [4.78, 5) is 12.6. The first-order valence-electron chi connectivity index (χ1n) is 10.7. The van der Waals surface area contributed by atoms with Gasteiger partial charge in [-0.2, -0.15) is 11.8 Å². The normalized spacial score (nSPS) is 14.2. The highest BCUT2D eigenvalue weighted by atomic mass is 32.2. The highest BCUT2D eigenvalue weighted by molar-refractivity contribution is 7.99. The summed E-state index contributed by atoms with van der Waals surface area (Å²) in [5, 5.41) is 3.44. The number of hydrogen-bond acceptors (Lipinski definition) is 6. The first kappa shape index (κ1) is 25.2. The Morgan fingerprint density at radius 2 is 1.76 bits per heavy atom. The maximum absolute atomic E-state index is 13.5. The Balaban J connectivity index is 1.77. The second-order valence-corrected chi connectivity index (χ2v) is 10.9. The third kappa shape index (κ3) is 6.54. The average molecular weight is 497 g/mol. The quantitative estimate of drug-likeness (QED) is 0.476. The SMILES string of the molecule is COc1ccc(S(=O)(=O)N(CC(=O)NCCSC2CCCC2)c2ccc(F)cc2)cc1OC. The summed E-state index contributed by atoms with van der Waals surface area (Å²) in [5.74, 6) is 0.453. The van der Waals surface area contributed by atoms with Crippen LogP contribution in [0.15, 0.2) is 47.4 Å². The minimum Gasteiger partial charge on any atom is -0.493 e. The maximum Gasteiger partial charge on any atom is 0.264 e. The van der Waals surface area contributed by atoms with Crippen LogP contribution < -0.4 is 19.1 Å². The number of rotatable bonds is 11. The Hall–Kier alpha value is -2.46. The van der Waals surface area contributed by atoms with Gasteiger partial charge in [-0.05, 0) is 49.2 Å². The molecule has 0 heterocycles. The molecule has 1 N–H and O–H groups in total. The number of hydrogen-bond donors (Lipinski definition) is 1. The Labute approximate surface area is 198 Å². The van der Waals surface area contributed by atoms with E-state index in [0.717, 1.165) is 22.2 Å². The van der Waals surface area contributed by atoms with Gasteiger partial charge in [0.2, 0.25) is 5.91 Å². The fourth-order valence-corrected chi connectivity index (χ4v) is 6.34. The van der Waals surface area contributed by atoms with Crippen LogP contribution in [-0.4, -0.2) is 52.6 Å². The van der Waals surface area contributed by atoms with Crippen molar-refractivity contribution in [2.75, 3.05) is 37.4 Å². The molecule has 1 amide bonds. The van der Waals surface area contributed by atoms with E-state index in [1.165, 1.54) is 70.2 Å². The van der Waals surface area contributed by atoms with Crippen molar-refractivity contribution in [1.82, 2.24) is 5.32 Å². The number of halogens is 1. The van der Waals surface area contributed by atoms with Gasteiger partial charge in [0.15, 0.2) is 11.5 Å². The van der Waals surface area contributed by atoms with Gasteiger partial charge >= 0.3 is 0 Å². The molecular weight excluding hydrogens is 467 g/mol. The second kappa shape index (κ2) is 11.6. The summed E-state index contributed by atoms with van der Waals surface area (Å²) >= 11 is 1.84. The molecule has 3 rings (SSSR count). The number of amides is 1. The van der Waals surface area contributed by atoms with E-state index in [9.17, 15) is 17.6 Å². The fourth-order valence-electron chi connectivity index (χ4n) is 3.68. The Kier molecular flexibility index (Phi) is 8.85. The van der Waals surface area contributed by atoms with Crippen LogP contribution in [0.3, 0.4) is 0 Å². The summed E-state index contributed by atoms with van der Waals surface area (Å²) < 4.78 is 51.8. The topological polar surface area (TPSA) is 84.9 Å². The van der Waals surface area contributed by atoms with Crippen molar-refractivity contribution in [2.45, 2.75) is 35.8 Å². The van der Waals surface area contributed by atoms with Gasteiger partial charge in [0.1, 0.15) is 12.4 Å². The number of thioether (sulfide) groups is 1. The monoisotopic (exact) mass is 496 g/mol. The third-order valence-corrected chi connectivity index (χ3v) is 8.58. The lowest BCUT2D eigenvalue weighted by Crippen LogP contribution is -2.41. The molecule has 10 heteroatoms. The zero-order chi connectivity index (χ0) is 23.8. The van der Waals surface area contributed by atoms with Crippen LogP contribution in [-0.2, 0) is 14.8 Å². The zero-order valence-electron chi connectivity index (χ0n) is 18.8. The molecule has 0 unspecified atom stereocenters. The molecule has 7 nitrogen and oxygen atoms in total. The van der Waals surface area contributed by atoms with Crippen molar-refractivity contribution >= 4 is 33.4 Å². The average Bonchev–Trinajstić information content (AvgIpc) is 3.34. The van der Waals surface area contributed by atoms with Crippen molar-refractivity contribution in [3.8, 4) is 11.5 Å². The lowest BCUT2D eigenvalue weighted by Gasteiger charge is -2.24. The van der Waals surface area contributed by atoms with E-state index in [-0.39, 0.29) is 16.3 Å². The lowest BCUT2D eigenvalue weighted by molar-refractivity contribution is -0.119. The first-order valence-corrected chi connectivity index (χ1v) is 13.2. The lowest BCUT2D eigenvalue weighted by atomic mass is 10.3. The fraction of sp³-hybridized carbons (Fsp3) is 0.435. The zero-order valence-corrected chi connectivity index (χ0v) is 20.4. The van der Waals surface area contributed by atoms with E-state index in [0.29, 0.717) is 17.5 Å². The van der Waals surface area contributed by atoms with Gasteiger partial charge in [-0.25, -0.2) is 12.8 Å². The summed E-state index contributed by atoms with van der Waals surface area (Å²) in [7, 11) is -1.30. The molecule has 1 aliphatic rings. The maximum atomic E-state index is 13.5. The minimum atomic E-state index is -4.15. The van der Waals surface area contributed by atoms with Gasteiger partial charge in [0.05, 0.1) is 24.8 Å². The van der Waals surface area contributed by atoms with Crippen LogP contribution in [0.2, 0.25) is 0 Å². The van der Waals surface area contributed by atoms with E-state index in [4.69, 9.17) is 9.47 Å². The molecule has 2 aromatic carbocycles. The summed E-state index contributed by atoms with van der Waals surface area (Å²) in [6, 6.07) is 9.16. The van der Waals surface area contributed by atoms with Gasteiger partial charge in [-0.15, -0.1) is 0 Å². The molecule has 0 saturated heterocycles. The van der Waals surface area contributed by atoms with Crippen LogP contribution >= 0.6 is 11.8 Å². The van der Waals surface area contributed by atoms with Crippen molar-refractivity contribution in [3.05, 3.63) is 48.3 Å². The minimum absolute atomic E-state index is 0.0749. The molecule has 0 spiro atoms. The standard InChI is InChI=1S/C23H29FN2O5S2/c1-30-21-12-11-20(15-22(21)31-2)33(28,29)26(18-9-7-17(24)8-10-18)16-23(27)25-13-14-32-19-5-3-4-6-19/h7-12,15,19H,3-6,13-14,16H2,1-2H3,(H,25,27). The Morgan fingerprint density at radius 1 is 1.09 bits per heavy atom. The Morgan fingerprint density at radius 3 is 2.39 bits per heavy atom. The van der Waals surface area contributed by atoms with Crippen LogP contribution in [0.25, 0.3) is 0 Å². The summed E-state index contributed by atoms with van der Waals surface area (Å²) in [6.07, 6.45) is 4.93. The molecule has 0 bridgehead atoms. The van der Waals surface area contributed by atoms with E-state index in [1.807, 2.05) is 11.8 Å². The number of sulfonamides is 1. The number of carbonyl (C=O) groups is 1. The molecule has 1 saturated carbocycles. The molecule has 1 fully saturated rings. The molecule has 33 heavy (non-hydrogen) atoms. The van der Waals surface area contributed by atoms with E-state index in [1.54, 1.807) is 0 Å². The summed E-state index contributed by atoms with van der Waals surface area (Å²) in [6.45, 7) is 0.0179. The van der Waals surface area contributed by atoms with E-state index < -0.39 is 28.3 Å². The van der Waals surface area contributed by atoms with Crippen molar-refractivity contribution in [2.24, 2.45) is 0 Å². The number of ether oxygens (including phenoxy) is 2. The van der Waals surface area contributed by atoms with Gasteiger partial charge in [0, 0.05) is 23.6 Å². The third-order valence-electron chi connectivity index (χ3n) is 5.42. The van der Waals surface area contributed by atoms with Gasteiger partial charge < -0.3 is 14.8 Å². The number of benzene rings is 2. The predicted octanol–water partition coefficient (Wildman–Crippen LogP) is 3.83. The largest absolute Gasteiger partial charge is 0.493 e. The first-order chi connectivity index (χ1) is 15.8. The van der Waals surface area contributed by atoms with Crippen LogP contribution in [0.4, 0.5) is 10.1 Å². The molecule has 0 aromatic heterocycles. The highest BCUT2D eigenvalue weighted by Gasteiger charge is 2.28. The van der Waals surface area contributed by atoms with Gasteiger partial charge in [-0.1, -0.05) is 12.8 Å². The molecule has 0 atom stereocenters. The smallest absolute Gasteiger partial charge is 0.264 e. The van der Waals surface area contributed by atoms with E-state index in [2.05, 4.69) is 5.32 Å². The van der Waals surface area contributed by atoms with Crippen molar-refractivity contribution in [3.63, 3.8) is 0 Å². The number of carbonyl (C=O) groups excluding carboxylic acids is 1. The second-order valence-electron chi connectivity index (χ2n) is 7.63. The van der Waals surface area contributed by atoms with Crippen LogP contribution in [0.1, 0.15) is 25.7 Å². The molecular formula is C23H29FN2O5S2. The highest BCUT2D eigenvalue weighted by Crippen LogP contribution is 2.32. The number of nitrogens with one attached hydrogen (secondary N) is 1. The molecule has 180 valence electrons. The molecule has 0 aliphatic heterocycles. The Bertz CT molecular complexity index is 1040. The van der Waals surface area contributed by atoms with Crippen molar-refractivity contribution in [1.29, 1.82) is 0 Å². The van der Waals surface area contributed by atoms with Gasteiger partial charge in [-0.3, -0.25) is 9.10 Å².